The first-order valence-electron chi connectivity index (χ1n) is 4.48. The fourth-order valence-electron chi connectivity index (χ4n) is 1.47. The SMILES string of the molecule is O=C1CC(=O)c2cc(OC(F)F)ccc2N1. The number of nitrogens with one attached hydrogen (secondary N) is 1. The van der Waals surface area contributed by atoms with Crippen LogP contribution >= 0.6 is 0 Å². The summed E-state index contributed by atoms with van der Waals surface area (Å²) < 4.78 is 28.0. The summed E-state index contributed by atoms with van der Waals surface area (Å²) >= 11 is 0. The molecular formula is C10H7F2NO3. The maximum absolute atomic E-state index is 11.9. The van der Waals surface area contributed by atoms with Gasteiger partial charge in [-0.25, -0.2) is 0 Å². The molecule has 16 heavy (non-hydrogen) atoms. The summed E-state index contributed by atoms with van der Waals surface area (Å²) in [5.74, 6) is -0.906. The Labute approximate surface area is 89.2 Å². The molecule has 0 atom stereocenters. The molecule has 1 amide bonds. The van der Waals surface area contributed by atoms with Gasteiger partial charge >= 0.3 is 6.61 Å². The summed E-state index contributed by atoms with van der Waals surface area (Å²) in [5, 5.41) is 2.47. The standard InChI is InChI=1S/C10H7F2NO3/c11-10(12)16-5-1-2-7-6(3-5)8(14)4-9(15)13-7/h1-3,10H,4H2,(H,13,15). The van der Waals surface area contributed by atoms with Gasteiger partial charge in [-0.1, -0.05) is 0 Å². The molecule has 1 heterocycles. The highest BCUT2D eigenvalue weighted by Crippen LogP contribution is 2.27. The number of carbonyl (C=O) groups is 2. The Morgan fingerprint density at radius 2 is 2.06 bits per heavy atom. The van der Waals surface area contributed by atoms with Crippen molar-refractivity contribution in [3.05, 3.63) is 23.8 Å². The largest absolute Gasteiger partial charge is 0.435 e. The lowest BCUT2D eigenvalue weighted by Gasteiger charge is -2.16. The summed E-state index contributed by atoms with van der Waals surface area (Å²) in [6, 6.07) is 3.83. The second-order valence-corrected chi connectivity index (χ2v) is 3.23. The minimum absolute atomic E-state index is 0.0988. The van der Waals surface area contributed by atoms with Crippen LogP contribution in [0.3, 0.4) is 0 Å². The monoisotopic (exact) mass is 227 g/mol. The predicted octanol–water partition coefficient (Wildman–Crippen LogP) is 1.81. The molecule has 1 N–H and O–H groups in total. The van der Waals surface area contributed by atoms with Gasteiger partial charge in [-0.15, -0.1) is 0 Å². The van der Waals surface area contributed by atoms with Gasteiger partial charge in [0.2, 0.25) is 5.91 Å². The second-order valence-electron chi connectivity index (χ2n) is 3.23. The Morgan fingerprint density at radius 3 is 2.75 bits per heavy atom. The van der Waals surface area contributed by atoms with Gasteiger partial charge in [0.05, 0.1) is 12.1 Å². The fraction of sp³-hybridized carbons (Fsp3) is 0.200. The number of alkyl halides is 2. The number of halogens is 2. The van der Waals surface area contributed by atoms with E-state index in [1.165, 1.54) is 18.2 Å². The summed E-state index contributed by atoms with van der Waals surface area (Å²) in [6.45, 7) is -2.94. The predicted molar refractivity (Wildman–Crippen MR) is 50.7 cm³/mol. The number of fused-ring (bicyclic) bond motifs is 1. The van der Waals surface area contributed by atoms with Crippen LogP contribution < -0.4 is 10.1 Å². The third-order valence-electron chi connectivity index (χ3n) is 2.11. The minimum Gasteiger partial charge on any atom is -0.435 e. The van der Waals surface area contributed by atoms with Crippen LogP contribution in [-0.4, -0.2) is 18.3 Å². The van der Waals surface area contributed by atoms with Crippen LogP contribution in [0.4, 0.5) is 14.5 Å². The quantitative estimate of drug-likeness (QED) is 0.784. The van der Waals surface area contributed by atoms with Crippen LogP contribution in [0, 0.1) is 0 Å². The molecule has 0 saturated heterocycles. The van der Waals surface area contributed by atoms with Gasteiger partial charge in [-0.2, -0.15) is 8.78 Å². The molecule has 0 bridgehead atoms. The highest BCUT2D eigenvalue weighted by atomic mass is 19.3. The Bertz CT molecular complexity index is 459. The molecule has 0 aromatic heterocycles. The minimum atomic E-state index is -2.94. The van der Waals surface area contributed by atoms with Crippen molar-refractivity contribution in [2.45, 2.75) is 13.0 Å². The van der Waals surface area contributed by atoms with Crippen molar-refractivity contribution in [3.8, 4) is 5.75 Å². The number of hydrogen-bond acceptors (Lipinski definition) is 3. The highest BCUT2D eigenvalue weighted by molar-refractivity contribution is 6.18. The van der Waals surface area contributed by atoms with E-state index in [0.29, 0.717) is 5.69 Å². The Balaban J connectivity index is 2.34. The normalized spacial score (nSPS) is 14.7. The first-order chi connectivity index (χ1) is 7.56. The molecule has 0 fully saturated rings. The van der Waals surface area contributed by atoms with Gasteiger partial charge in [0.25, 0.3) is 0 Å². The molecule has 0 saturated carbocycles. The third kappa shape index (κ3) is 2.00. The summed E-state index contributed by atoms with van der Waals surface area (Å²) in [6.07, 6.45) is -0.273. The molecular weight excluding hydrogens is 220 g/mol. The zero-order valence-electron chi connectivity index (χ0n) is 8.00. The van der Waals surface area contributed by atoms with E-state index >= 15 is 0 Å². The van der Waals surface area contributed by atoms with Crippen LogP contribution in [0.15, 0.2) is 18.2 Å². The van der Waals surface area contributed by atoms with Crippen LogP contribution in [0.25, 0.3) is 0 Å². The van der Waals surface area contributed by atoms with Crippen LogP contribution in [-0.2, 0) is 4.79 Å². The molecule has 84 valence electrons. The van der Waals surface area contributed by atoms with E-state index in [4.69, 9.17) is 0 Å². The number of ketones is 1. The molecule has 0 aliphatic carbocycles. The molecule has 0 spiro atoms. The Hall–Kier alpha value is -1.98. The Kier molecular flexibility index (Phi) is 2.55. The third-order valence-corrected chi connectivity index (χ3v) is 2.11. The van der Waals surface area contributed by atoms with Crippen LogP contribution in [0.5, 0.6) is 5.75 Å². The van der Waals surface area contributed by atoms with E-state index in [2.05, 4.69) is 10.1 Å². The Morgan fingerprint density at radius 1 is 1.31 bits per heavy atom. The number of anilines is 1. The van der Waals surface area contributed by atoms with E-state index in [1.54, 1.807) is 0 Å². The van der Waals surface area contributed by atoms with E-state index in [1.807, 2.05) is 0 Å². The number of hydrogen-bond donors (Lipinski definition) is 1. The van der Waals surface area contributed by atoms with E-state index < -0.39 is 18.3 Å². The van der Waals surface area contributed by atoms with Gasteiger partial charge < -0.3 is 10.1 Å². The number of amides is 1. The van der Waals surface area contributed by atoms with Crippen molar-refractivity contribution < 1.29 is 23.1 Å². The molecule has 2 rings (SSSR count). The zero-order chi connectivity index (χ0) is 11.7. The molecule has 1 aromatic rings. The van der Waals surface area contributed by atoms with Crippen molar-refractivity contribution in [2.24, 2.45) is 0 Å². The summed E-state index contributed by atoms with van der Waals surface area (Å²) in [5.41, 5.74) is 0.514. The number of carbonyl (C=O) groups excluding carboxylic acids is 2. The smallest absolute Gasteiger partial charge is 0.387 e. The average molecular weight is 227 g/mol. The molecule has 0 radical (unpaired) electrons. The molecule has 1 aliphatic rings. The van der Waals surface area contributed by atoms with Crippen LogP contribution in [0.2, 0.25) is 0 Å². The van der Waals surface area contributed by atoms with Crippen molar-refractivity contribution in [1.82, 2.24) is 0 Å². The molecule has 6 heteroatoms. The maximum atomic E-state index is 11.9. The first-order valence-corrected chi connectivity index (χ1v) is 4.48. The van der Waals surface area contributed by atoms with E-state index in [0.717, 1.165) is 0 Å². The molecule has 0 unspecified atom stereocenters. The summed E-state index contributed by atoms with van der Waals surface area (Å²) in [4.78, 5) is 22.4. The van der Waals surface area contributed by atoms with Gasteiger partial charge in [0.15, 0.2) is 5.78 Å². The topological polar surface area (TPSA) is 55.4 Å². The van der Waals surface area contributed by atoms with Crippen molar-refractivity contribution in [2.75, 3.05) is 5.32 Å². The lowest BCUT2D eigenvalue weighted by Crippen LogP contribution is -2.24. The van der Waals surface area contributed by atoms with Gasteiger partial charge in [-0.05, 0) is 18.2 Å². The molecule has 1 aliphatic heterocycles. The lowest BCUT2D eigenvalue weighted by atomic mass is 10.0. The van der Waals surface area contributed by atoms with Crippen LogP contribution in [0.1, 0.15) is 16.8 Å². The van der Waals surface area contributed by atoms with Gasteiger partial charge in [-0.3, -0.25) is 9.59 Å². The van der Waals surface area contributed by atoms with Gasteiger partial charge in [0.1, 0.15) is 5.75 Å². The average Bonchev–Trinajstić information content (AvgIpc) is 2.18. The first kappa shape index (κ1) is 10.5. The number of rotatable bonds is 2. The number of ether oxygens (including phenoxy) is 1. The lowest BCUT2D eigenvalue weighted by molar-refractivity contribution is -0.115. The van der Waals surface area contributed by atoms with Crippen molar-refractivity contribution in [3.63, 3.8) is 0 Å². The van der Waals surface area contributed by atoms with Crippen molar-refractivity contribution in [1.29, 1.82) is 0 Å². The number of Topliss-reactive ketones (excluding diaryl/α,β-unsaturated/α-hetero) is 1. The second kappa shape index (κ2) is 3.88. The maximum Gasteiger partial charge on any atom is 0.387 e. The van der Waals surface area contributed by atoms with E-state index in [-0.39, 0.29) is 17.7 Å². The zero-order valence-corrected chi connectivity index (χ0v) is 8.00. The summed E-state index contributed by atoms with van der Waals surface area (Å²) in [7, 11) is 0. The van der Waals surface area contributed by atoms with Crippen molar-refractivity contribution >= 4 is 17.4 Å². The highest BCUT2D eigenvalue weighted by Gasteiger charge is 2.23. The number of benzene rings is 1. The van der Waals surface area contributed by atoms with Gasteiger partial charge in [0, 0.05) is 5.56 Å². The molecule has 4 nitrogen and oxygen atoms in total. The van der Waals surface area contributed by atoms with E-state index in [9.17, 15) is 18.4 Å². The molecule has 1 aromatic carbocycles. The fourth-order valence-corrected chi connectivity index (χ4v) is 1.47.